The molecule has 0 heterocycles. The maximum Gasteiger partial charge on any atom is 0.339 e. The number of carbonyl (C=O) groups is 1. The Balaban J connectivity index is 3.23. The van der Waals surface area contributed by atoms with Crippen molar-refractivity contribution in [2.24, 2.45) is 0 Å². The van der Waals surface area contributed by atoms with Crippen LogP contribution in [0.5, 0.6) is 5.75 Å². The fraction of sp³-hybridized carbons (Fsp3) is 0. The van der Waals surface area contributed by atoms with Crippen LogP contribution in [0, 0.1) is 12.3 Å². The lowest BCUT2D eigenvalue weighted by molar-refractivity contribution is 0.0694. The van der Waals surface area contributed by atoms with Crippen molar-refractivity contribution in [2.75, 3.05) is 0 Å². The van der Waals surface area contributed by atoms with Crippen LogP contribution < -0.4 is 0 Å². The highest BCUT2D eigenvalue weighted by atomic mass is 16.4. The normalized spacial score (nSPS) is 8.92. The Kier molecular flexibility index (Phi) is 2.02. The molecule has 0 saturated heterocycles. The summed E-state index contributed by atoms with van der Waals surface area (Å²) in [5, 5.41) is 17.6. The molecule has 3 nitrogen and oxygen atoms in total. The number of terminal acetylenes is 1. The summed E-state index contributed by atoms with van der Waals surface area (Å²) in [6.07, 6.45) is 5.04. The number of benzene rings is 1. The minimum atomic E-state index is -1.17. The highest BCUT2D eigenvalue weighted by Crippen LogP contribution is 2.17. The maximum absolute atomic E-state index is 10.4. The van der Waals surface area contributed by atoms with E-state index in [1.807, 2.05) is 0 Å². The molecule has 0 aliphatic carbocycles. The molecule has 2 N–H and O–H groups in total. The predicted octanol–water partition coefficient (Wildman–Crippen LogP) is 1.07. The molecule has 0 saturated carbocycles. The van der Waals surface area contributed by atoms with Crippen molar-refractivity contribution in [2.45, 2.75) is 0 Å². The summed E-state index contributed by atoms with van der Waals surface area (Å²) in [7, 11) is 0. The zero-order valence-electron chi connectivity index (χ0n) is 6.11. The van der Waals surface area contributed by atoms with Crippen molar-refractivity contribution in [1.82, 2.24) is 0 Å². The number of rotatable bonds is 1. The third-order valence-electron chi connectivity index (χ3n) is 1.39. The first kappa shape index (κ1) is 8.15. The molecule has 1 aromatic carbocycles. The topological polar surface area (TPSA) is 57.5 Å². The third kappa shape index (κ3) is 1.38. The summed E-state index contributed by atoms with van der Waals surface area (Å²) in [5.41, 5.74) is 0.312. The van der Waals surface area contributed by atoms with E-state index in [4.69, 9.17) is 16.6 Å². The maximum atomic E-state index is 10.4. The van der Waals surface area contributed by atoms with Gasteiger partial charge in [-0.1, -0.05) is 5.92 Å². The van der Waals surface area contributed by atoms with Crippen LogP contribution in [-0.2, 0) is 0 Å². The number of aromatic carboxylic acids is 1. The van der Waals surface area contributed by atoms with Gasteiger partial charge in [-0.15, -0.1) is 6.42 Å². The Labute approximate surface area is 69.3 Å². The third-order valence-corrected chi connectivity index (χ3v) is 1.39. The van der Waals surface area contributed by atoms with Gasteiger partial charge >= 0.3 is 5.97 Å². The van der Waals surface area contributed by atoms with E-state index in [0.717, 1.165) is 0 Å². The molecule has 0 aromatic heterocycles. The minimum Gasteiger partial charge on any atom is -0.507 e. The summed E-state index contributed by atoms with van der Waals surface area (Å²) < 4.78 is 0. The van der Waals surface area contributed by atoms with Crippen molar-refractivity contribution in [3.63, 3.8) is 0 Å². The summed E-state index contributed by atoms with van der Waals surface area (Å²) in [6, 6.07) is 3.97. The quantitative estimate of drug-likeness (QED) is 0.607. The van der Waals surface area contributed by atoms with E-state index < -0.39 is 5.97 Å². The second-order valence-electron chi connectivity index (χ2n) is 2.18. The Morgan fingerprint density at radius 3 is 2.58 bits per heavy atom. The monoisotopic (exact) mass is 162 g/mol. The van der Waals surface area contributed by atoms with E-state index in [2.05, 4.69) is 5.92 Å². The minimum absolute atomic E-state index is 0.144. The molecule has 0 radical (unpaired) electrons. The summed E-state index contributed by atoms with van der Waals surface area (Å²) >= 11 is 0. The van der Waals surface area contributed by atoms with Crippen LogP contribution in [0.25, 0.3) is 0 Å². The predicted molar refractivity (Wildman–Crippen MR) is 43.0 cm³/mol. The van der Waals surface area contributed by atoms with Crippen LogP contribution >= 0.6 is 0 Å². The van der Waals surface area contributed by atoms with Crippen molar-refractivity contribution < 1.29 is 15.0 Å². The smallest absolute Gasteiger partial charge is 0.339 e. The number of carboxylic acids is 1. The van der Waals surface area contributed by atoms with Gasteiger partial charge in [-0.2, -0.15) is 0 Å². The molecule has 3 heteroatoms. The summed E-state index contributed by atoms with van der Waals surface area (Å²) in [4.78, 5) is 10.4. The van der Waals surface area contributed by atoms with Crippen molar-refractivity contribution in [1.29, 1.82) is 0 Å². The van der Waals surface area contributed by atoms with Gasteiger partial charge in [-0.3, -0.25) is 0 Å². The van der Waals surface area contributed by atoms with Gasteiger partial charge in [-0.25, -0.2) is 4.79 Å². The van der Waals surface area contributed by atoms with Crippen molar-refractivity contribution in [3.8, 4) is 18.1 Å². The number of aromatic hydroxyl groups is 1. The zero-order chi connectivity index (χ0) is 9.14. The molecule has 60 valence electrons. The molecule has 0 aliphatic heterocycles. The van der Waals surface area contributed by atoms with Gasteiger partial charge in [0.1, 0.15) is 11.3 Å². The Hall–Kier alpha value is -1.95. The van der Waals surface area contributed by atoms with Gasteiger partial charge in [-0.05, 0) is 18.2 Å². The van der Waals surface area contributed by atoms with Crippen LogP contribution in [0.4, 0.5) is 0 Å². The largest absolute Gasteiger partial charge is 0.507 e. The molecule has 0 fully saturated rings. The van der Waals surface area contributed by atoms with Crippen molar-refractivity contribution in [3.05, 3.63) is 29.3 Å². The van der Waals surface area contributed by atoms with Gasteiger partial charge < -0.3 is 10.2 Å². The highest BCUT2D eigenvalue weighted by molar-refractivity contribution is 5.90. The SMILES string of the molecule is C#Cc1ccc(C(=O)O)c(O)c1. The lowest BCUT2D eigenvalue weighted by Crippen LogP contribution is -1.96. The molecule has 0 amide bonds. The first-order chi connectivity index (χ1) is 5.65. The number of hydrogen-bond donors (Lipinski definition) is 2. The lowest BCUT2D eigenvalue weighted by Gasteiger charge is -1.98. The van der Waals surface area contributed by atoms with Gasteiger partial charge in [0.05, 0.1) is 0 Å². The standard InChI is InChI=1S/C9H6O3/c1-2-6-3-4-7(9(11)12)8(10)5-6/h1,3-5,10H,(H,11,12). The summed E-state index contributed by atoms with van der Waals surface area (Å²) in [5.74, 6) is 0.803. The summed E-state index contributed by atoms with van der Waals surface area (Å²) in [6.45, 7) is 0. The molecule has 0 atom stereocenters. The fourth-order valence-electron chi connectivity index (χ4n) is 0.802. The molecule has 0 aliphatic rings. The van der Waals surface area contributed by atoms with E-state index in [9.17, 15) is 4.79 Å². The van der Waals surface area contributed by atoms with E-state index in [0.29, 0.717) is 5.56 Å². The van der Waals surface area contributed by atoms with E-state index >= 15 is 0 Å². The molecule has 1 rings (SSSR count). The second-order valence-corrected chi connectivity index (χ2v) is 2.18. The van der Waals surface area contributed by atoms with Gasteiger partial charge in [0.25, 0.3) is 0 Å². The van der Waals surface area contributed by atoms with Gasteiger partial charge in [0.15, 0.2) is 0 Å². The Morgan fingerprint density at radius 1 is 1.50 bits per heavy atom. The molecular formula is C9H6O3. The van der Waals surface area contributed by atoms with Crippen LogP contribution in [0.2, 0.25) is 0 Å². The average Bonchev–Trinajstić information content (AvgIpc) is 2.03. The number of phenols is 1. The Morgan fingerprint density at radius 2 is 2.17 bits per heavy atom. The fourth-order valence-corrected chi connectivity index (χ4v) is 0.802. The molecule has 0 spiro atoms. The van der Waals surface area contributed by atoms with E-state index in [1.54, 1.807) is 0 Å². The van der Waals surface area contributed by atoms with Crippen molar-refractivity contribution >= 4 is 5.97 Å². The van der Waals surface area contributed by atoms with E-state index in [1.165, 1.54) is 18.2 Å². The van der Waals surface area contributed by atoms with Crippen LogP contribution in [0.15, 0.2) is 18.2 Å². The number of hydrogen-bond acceptors (Lipinski definition) is 2. The molecule has 12 heavy (non-hydrogen) atoms. The van der Waals surface area contributed by atoms with Gasteiger partial charge in [0.2, 0.25) is 0 Å². The van der Waals surface area contributed by atoms with Crippen LogP contribution in [0.1, 0.15) is 15.9 Å². The molecular weight excluding hydrogens is 156 g/mol. The molecule has 1 aromatic rings. The van der Waals surface area contributed by atoms with Gasteiger partial charge in [0, 0.05) is 5.56 Å². The average molecular weight is 162 g/mol. The first-order valence-corrected chi connectivity index (χ1v) is 3.18. The number of carboxylic acid groups (broad SMARTS) is 1. The first-order valence-electron chi connectivity index (χ1n) is 3.18. The molecule has 0 unspecified atom stereocenters. The van der Waals surface area contributed by atoms with E-state index in [-0.39, 0.29) is 11.3 Å². The lowest BCUT2D eigenvalue weighted by atomic mass is 10.1. The second kappa shape index (κ2) is 2.97. The molecule has 0 bridgehead atoms. The zero-order valence-corrected chi connectivity index (χ0v) is 6.11. The highest BCUT2D eigenvalue weighted by Gasteiger charge is 2.08. The Bertz CT molecular complexity index is 361. The van der Waals surface area contributed by atoms with Crippen LogP contribution in [-0.4, -0.2) is 16.2 Å². The van der Waals surface area contributed by atoms with Crippen LogP contribution in [0.3, 0.4) is 0 Å².